The normalized spacial score (nSPS) is 12.8. The van der Waals surface area contributed by atoms with Crippen LogP contribution in [0.3, 0.4) is 0 Å². The zero-order valence-electron chi connectivity index (χ0n) is 34.0. The highest BCUT2D eigenvalue weighted by molar-refractivity contribution is 6.12. The second-order valence-corrected chi connectivity index (χ2v) is 16.5. The molecular formula is C55H41N5. The van der Waals surface area contributed by atoms with Crippen molar-refractivity contribution in [2.24, 2.45) is 0 Å². The minimum Gasteiger partial charge on any atom is -0.278 e. The van der Waals surface area contributed by atoms with Gasteiger partial charge in [0, 0.05) is 39.1 Å². The van der Waals surface area contributed by atoms with Gasteiger partial charge in [0.25, 0.3) is 0 Å². The first kappa shape index (κ1) is 35.6. The number of pyridine rings is 1. The molecule has 0 spiro atoms. The van der Waals surface area contributed by atoms with E-state index in [1.807, 2.05) is 48.7 Å². The van der Waals surface area contributed by atoms with Crippen molar-refractivity contribution in [3.8, 4) is 73.4 Å². The lowest BCUT2D eigenvalue weighted by Crippen LogP contribution is -2.15. The molecule has 0 N–H and O–H groups in total. The Morgan fingerprint density at radius 2 is 1.05 bits per heavy atom. The lowest BCUT2D eigenvalue weighted by molar-refractivity contribution is 0.661. The first-order valence-electron chi connectivity index (χ1n) is 20.5. The number of nitrogens with zero attached hydrogens (tertiary/aromatic N) is 5. The van der Waals surface area contributed by atoms with Gasteiger partial charge >= 0.3 is 0 Å². The molecule has 0 saturated carbocycles. The van der Waals surface area contributed by atoms with Crippen LogP contribution in [0.5, 0.6) is 0 Å². The molecule has 5 heteroatoms. The van der Waals surface area contributed by atoms with Gasteiger partial charge in [0.15, 0.2) is 11.6 Å². The Bertz CT molecular complexity index is 3250. The lowest BCUT2D eigenvalue weighted by atomic mass is 9.82. The van der Waals surface area contributed by atoms with Crippen LogP contribution in [0.1, 0.15) is 36.1 Å². The van der Waals surface area contributed by atoms with E-state index in [2.05, 4.69) is 160 Å². The van der Waals surface area contributed by atoms with Gasteiger partial charge in [-0.2, -0.15) is 9.97 Å². The fourth-order valence-corrected chi connectivity index (χ4v) is 9.15. The predicted molar refractivity (Wildman–Crippen MR) is 246 cm³/mol. The third-order valence-corrected chi connectivity index (χ3v) is 12.3. The van der Waals surface area contributed by atoms with E-state index in [0.717, 1.165) is 66.4 Å². The van der Waals surface area contributed by atoms with Crippen LogP contribution in [0.4, 0.5) is 0 Å². The first-order chi connectivity index (χ1) is 29.3. The fraction of sp³-hybridized carbons (Fsp3) is 0.0909. The minimum absolute atomic E-state index is 0.179. The SMILES string of the molecule is Cc1ccnc(-c2cc(-c3cccc(-c4ccc5c(c4)c4cc6c(cc4n5-c4nc(-c5ccccc5)nc(-c5ccccc5)n4)C(C)(C)c4ccccc4-6)c3)ccc2C)c1. The molecule has 0 unspecified atom stereocenters. The summed E-state index contributed by atoms with van der Waals surface area (Å²) >= 11 is 0. The zero-order valence-corrected chi connectivity index (χ0v) is 34.0. The molecule has 7 aromatic carbocycles. The molecule has 0 aliphatic heterocycles. The maximum atomic E-state index is 5.24. The van der Waals surface area contributed by atoms with Crippen LogP contribution in [0, 0.1) is 13.8 Å². The molecule has 1 aliphatic carbocycles. The molecule has 1 aliphatic rings. The molecule has 3 heterocycles. The number of hydrogen-bond acceptors (Lipinski definition) is 4. The predicted octanol–water partition coefficient (Wildman–Crippen LogP) is 13.6. The quantitative estimate of drug-likeness (QED) is 0.169. The summed E-state index contributed by atoms with van der Waals surface area (Å²) in [7, 11) is 0. The summed E-state index contributed by atoms with van der Waals surface area (Å²) in [6.45, 7) is 8.94. The fourth-order valence-electron chi connectivity index (χ4n) is 9.15. The zero-order chi connectivity index (χ0) is 40.5. The van der Waals surface area contributed by atoms with Gasteiger partial charge in [-0.3, -0.25) is 9.55 Å². The standard InChI is InChI=1S/C55H41N5/c1-34-26-27-56-49(28-34)43-30-40(23-22-35(43)2)38-18-13-19-39(29-38)41-24-25-50-45(31-41)46-32-44-42-20-11-12-21-47(42)55(3,4)48(44)33-51(46)60(50)54-58-52(36-14-7-5-8-15-36)57-53(59-54)37-16-9-6-10-17-37/h5-33H,1-4H3. The van der Waals surface area contributed by atoms with E-state index in [9.17, 15) is 0 Å². The summed E-state index contributed by atoms with van der Waals surface area (Å²) in [5.41, 5.74) is 18.2. The van der Waals surface area contributed by atoms with Gasteiger partial charge in [-0.1, -0.05) is 135 Å². The molecule has 0 saturated heterocycles. The second kappa shape index (κ2) is 13.8. The van der Waals surface area contributed by atoms with E-state index in [1.165, 1.54) is 33.4 Å². The van der Waals surface area contributed by atoms with Crippen LogP contribution in [0.15, 0.2) is 176 Å². The average molecular weight is 772 g/mol. The Hall–Kier alpha value is -7.50. The van der Waals surface area contributed by atoms with Gasteiger partial charge in [0.2, 0.25) is 5.95 Å². The van der Waals surface area contributed by atoms with Gasteiger partial charge in [-0.05, 0) is 118 Å². The van der Waals surface area contributed by atoms with Crippen molar-refractivity contribution in [3.63, 3.8) is 0 Å². The lowest BCUT2D eigenvalue weighted by Gasteiger charge is -2.21. The number of aryl methyl sites for hydroxylation is 2. The van der Waals surface area contributed by atoms with Crippen LogP contribution in [0.25, 0.3) is 95.2 Å². The highest BCUT2D eigenvalue weighted by atomic mass is 15.2. The molecule has 0 amide bonds. The van der Waals surface area contributed by atoms with E-state index in [0.29, 0.717) is 17.6 Å². The summed E-state index contributed by atoms with van der Waals surface area (Å²) in [6.07, 6.45) is 1.89. The Morgan fingerprint density at radius 1 is 0.433 bits per heavy atom. The van der Waals surface area contributed by atoms with Crippen LogP contribution in [-0.4, -0.2) is 24.5 Å². The number of hydrogen-bond donors (Lipinski definition) is 0. The summed E-state index contributed by atoms with van der Waals surface area (Å²) in [5.74, 6) is 1.85. The Kier molecular flexibility index (Phi) is 8.21. The van der Waals surface area contributed by atoms with Gasteiger partial charge in [0.05, 0.1) is 16.7 Å². The Labute approximate surface area is 349 Å². The Morgan fingerprint density at radius 3 is 1.77 bits per heavy atom. The molecule has 0 fully saturated rings. The van der Waals surface area contributed by atoms with E-state index in [1.54, 1.807) is 0 Å². The van der Waals surface area contributed by atoms with Crippen molar-refractivity contribution in [2.75, 3.05) is 0 Å². The van der Waals surface area contributed by atoms with Crippen molar-refractivity contribution in [2.45, 2.75) is 33.1 Å². The third-order valence-electron chi connectivity index (χ3n) is 12.3. The Balaban J connectivity index is 1.13. The summed E-state index contributed by atoms with van der Waals surface area (Å²) in [4.78, 5) is 20.2. The van der Waals surface area contributed by atoms with Gasteiger partial charge in [0.1, 0.15) is 0 Å². The van der Waals surface area contributed by atoms with Crippen LogP contribution < -0.4 is 0 Å². The minimum atomic E-state index is -0.179. The molecular weight excluding hydrogens is 731 g/mol. The smallest absolute Gasteiger partial charge is 0.238 e. The molecule has 0 atom stereocenters. The first-order valence-corrected chi connectivity index (χ1v) is 20.5. The number of benzene rings is 7. The number of fused-ring (bicyclic) bond motifs is 6. The summed E-state index contributed by atoms with van der Waals surface area (Å²) in [6, 6.07) is 60.6. The summed E-state index contributed by atoms with van der Waals surface area (Å²) < 4.78 is 2.25. The third kappa shape index (κ3) is 5.84. The molecule has 60 heavy (non-hydrogen) atoms. The highest BCUT2D eigenvalue weighted by Gasteiger charge is 2.36. The largest absolute Gasteiger partial charge is 0.278 e. The van der Waals surface area contributed by atoms with Gasteiger partial charge < -0.3 is 0 Å². The van der Waals surface area contributed by atoms with E-state index < -0.39 is 0 Å². The molecule has 0 bridgehead atoms. The van der Waals surface area contributed by atoms with Crippen LogP contribution in [0.2, 0.25) is 0 Å². The number of rotatable bonds is 6. The maximum Gasteiger partial charge on any atom is 0.238 e. The molecule has 5 nitrogen and oxygen atoms in total. The molecule has 3 aromatic heterocycles. The van der Waals surface area contributed by atoms with E-state index in [-0.39, 0.29) is 5.41 Å². The maximum absolute atomic E-state index is 5.24. The van der Waals surface area contributed by atoms with Crippen molar-refractivity contribution >= 4 is 21.8 Å². The number of aromatic nitrogens is 5. The molecule has 11 rings (SSSR count). The van der Waals surface area contributed by atoms with Crippen LogP contribution in [-0.2, 0) is 5.41 Å². The van der Waals surface area contributed by atoms with Gasteiger partial charge in [-0.25, -0.2) is 4.98 Å². The van der Waals surface area contributed by atoms with Crippen molar-refractivity contribution in [1.82, 2.24) is 24.5 Å². The molecule has 10 aromatic rings. The molecule has 286 valence electrons. The van der Waals surface area contributed by atoms with E-state index in [4.69, 9.17) is 19.9 Å². The van der Waals surface area contributed by atoms with Gasteiger partial charge in [-0.15, -0.1) is 0 Å². The monoisotopic (exact) mass is 771 g/mol. The molecule has 0 radical (unpaired) electrons. The van der Waals surface area contributed by atoms with Crippen LogP contribution >= 0.6 is 0 Å². The topological polar surface area (TPSA) is 56.5 Å². The van der Waals surface area contributed by atoms with Crippen molar-refractivity contribution in [3.05, 3.63) is 198 Å². The van der Waals surface area contributed by atoms with E-state index >= 15 is 0 Å². The highest BCUT2D eigenvalue weighted by Crippen LogP contribution is 2.51. The average Bonchev–Trinajstić information content (AvgIpc) is 3.73. The van der Waals surface area contributed by atoms with Crippen molar-refractivity contribution < 1.29 is 0 Å². The van der Waals surface area contributed by atoms with Crippen molar-refractivity contribution in [1.29, 1.82) is 0 Å². The summed E-state index contributed by atoms with van der Waals surface area (Å²) in [5, 5.41) is 2.30. The second-order valence-electron chi connectivity index (χ2n) is 16.5.